The van der Waals surface area contributed by atoms with Crippen LogP contribution in [0.25, 0.3) is 0 Å². The number of nitrogens with two attached hydrogens (primary N) is 1. The van der Waals surface area contributed by atoms with Crippen molar-refractivity contribution in [3.05, 3.63) is 29.3 Å². The average Bonchev–Trinajstić information content (AvgIpc) is 2.29. The molecule has 1 aliphatic rings. The van der Waals surface area contributed by atoms with Crippen molar-refractivity contribution >= 4 is 30.5 Å². The number of benzene rings is 1. The Morgan fingerprint density at radius 3 is 2.56 bits per heavy atom. The summed E-state index contributed by atoms with van der Waals surface area (Å²) in [6.07, 6.45) is 4.01. The van der Waals surface area contributed by atoms with Gasteiger partial charge in [-0.15, -0.1) is 24.8 Å². The molecule has 0 radical (unpaired) electrons. The molecular formula is C14H24Cl2N2. The van der Waals surface area contributed by atoms with Gasteiger partial charge in [-0.25, -0.2) is 0 Å². The molecule has 1 unspecified atom stereocenters. The third-order valence-corrected chi connectivity index (χ3v) is 3.68. The Balaban J connectivity index is 0.00000144. The Bertz CT molecular complexity index is 369. The quantitative estimate of drug-likeness (QED) is 0.900. The molecule has 1 aliphatic heterocycles. The summed E-state index contributed by atoms with van der Waals surface area (Å²) in [7, 11) is 0. The van der Waals surface area contributed by atoms with Crippen LogP contribution in [-0.4, -0.2) is 12.6 Å². The summed E-state index contributed by atoms with van der Waals surface area (Å²) in [5.74, 6) is 0. The molecule has 0 bridgehead atoms. The van der Waals surface area contributed by atoms with Gasteiger partial charge in [0.05, 0.1) is 0 Å². The molecule has 2 rings (SSSR count). The first-order chi connectivity index (χ1) is 7.72. The van der Waals surface area contributed by atoms with Gasteiger partial charge < -0.3 is 10.6 Å². The lowest BCUT2D eigenvalue weighted by molar-refractivity contribution is 0.485. The van der Waals surface area contributed by atoms with E-state index < -0.39 is 0 Å². The second kappa shape index (κ2) is 7.88. The number of halogens is 2. The first kappa shape index (κ1) is 17.6. The van der Waals surface area contributed by atoms with E-state index in [9.17, 15) is 0 Å². The van der Waals surface area contributed by atoms with Crippen LogP contribution < -0.4 is 10.6 Å². The predicted octanol–water partition coefficient (Wildman–Crippen LogP) is 3.68. The summed E-state index contributed by atoms with van der Waals surface area (Å²) in [6, 6.07) is 7.35. The molecular weight excluding hydrogens is 267 g/mol. The zero-order valence-electron chi connectivity index (χ0n) is 11.2. The molecule has 0 amide bonds. The number of aryl methyl sites for hydroxylation is 1. The van der Waals surface area contributed by atoms with Crippen LogP contribution >= 0.6 is 24.8 Å². The molecule has 1 aromatic rings. The zero-order chi connectivity index (χ0) is 11.5. The van der Waals surface area contributed by atoms with E-state index >= 15 is 0 Å². The molecule has 1 saturated heterocycles. The second-order valence-corrected chi connectivity index (χ2v) is 4.85. The number of hydrogen-bond donors (Lipinski definition) is 1. The Kier molecular flexibility index (Phi) is 7.69. The van der Waals surface area contributed by atoms with Crippen molar-refractivity contribution in [3.63, 3.8) is 0 Å². The fourth-order valence-electron chi connectivity index (χ4n) is 2.57. The lowest BCUT2D eigenvalue weighted by atomic mass is 10.0. The van der Waals surface area contributed by atoms with E-state index in [1.165, 1.54) is 42.6 Å². The molecule has 0 aliphatic carbocycles. The highest BCUT2D eigenvalue weighted by Crippen LogP contribution is 2.26. The van der Waals surface area contributed by atoms with Crippen molar-refractivity contribution in [1.29, 1.82) is 0 Å². The van der Waals surface area contributed by atoms with Crippen LogP contribution in [0.15, 0.2) is 18.2 Å². The lowest BCUT2D eigenvalue weighted by Gasteiger charge is -2.35. The van der Waals surface area contributed by atoms with Gasteiger partial charge in [0.15, 0.2) is 0 Å². The van der Waals surface area contributed by atoms with Crippen molar-refractivity contribution in [3.8, 4) is 0 Å². The highest BCUT2D eigenvalue weighted by atomic mass is 35.5. The van der Waals surface area contributed by atoms with Gasteiger partial charge in [0.1, 0.15) is 0 Å². The van der Waals surface area contributed by atoms with Crippen molar-refractivity contribution in [2.45, 2.75) is 45.7 Å². The van der Waals surface area contributed by atoms with Crippen LogP contribution in [0.2, 0.25) is 0 Å². The molecule has 4 heteroatoms. The molecule has 0 saturated carbocycles. The molecule has 2 N–H and O–H groups in total. The standard InChI is InChI=1S/C14H22N2.2ClH/c1-11-9-14(7-6-13(11)10-15)16-8-4-3-5-12(16)2;;/h6-7,9,12H,3-5,8,10,15H2,1-2H3;2*1H. The monoisotopic (exact) mass is 290 g/mol. The average molecular weight is 291 g/mol. The van der Waals surface area contributed by atoms with Gasteiger partial charge in [0, 0.05) is 24.8 Å². The number of anilines is 1. The third kappa shape index (κ3) is 3.78. The van der Waals surface area contributed by atoms with Crippen molar-refractivity contribution in [1.82, 2.24) is 0 Å². The molecule has 1 fully saturated rings. The molecule has 1 heterocycles. The van der Waals surface area contributed by atoms with Gasteiger partial charge in [0.2, 0.25) is 0 Å². The van der Waals surface area contributed by atoms with Crippen LogP contribution in [-0.2, 0) is 6.54 Å². The maximum Gasteiger partial charge on any atom is 0.0371 e. The van der Waals surface area contributed by atoms with Gasteiger partial charge in [-0.1, -0.05) is 6.07 Å². The van der Waals surface area contributed by atoms with E-state index in [0.29, 0.717) is 12.6 Å². The van der Waals surface area contributed by atoms with E-state index in [1.54, 1.807) is 0 Å². The summed E-state index contributed by atoms with van der Waals surface area (Å²) in [5.41, 5.74) is 9.63. The summed E-state index contributed by atoms with van der Waals surface area (Å²) < 4.78 is 0. The van der Waals surface area contributed by atoms with Crippen LogP contribution in [0, 0.1) is 6.92 Å². The molecule has 104 valence electrons. The second-order valence-electron chi connectivity index (χ2n) is 4.85. The van der Waals surface area contributed by atoms with Gasteiger partial charge in [0.25, 0.3) is 0 Å². The van der Waals surface area contributed by atoms with E-state index in [1.807, 2.05) is 0 Å². The Labute approximate surface area is 123 Å². The Morgan fingerprint density at radius 1 is 1.28 bits per heavy atom. The minimum atomic E-state index is 0. The maximum atomic E-state index is 5.69. The zero-order valence-corrected chi connectivity index (χ0v) is 12.8. The third-order valence-electron chi connectivity index (χ3n) is 3.68. The normalized spacial score (nSPS) is 18.8. The summed E-state index contributed by atoms with van der Waals surface area (Å²) in [6.45, 7) is 6.32. The van der Waals surface area contributed by atoms with Gasteiger partial charge in [-0.2, -0.15) is 0 Å². The van der Waals surface area contributed by atoms with Gasteiger partial charge in [-0.3, -0.25) is 0 Å². The van der Waals surface area contributed by atoms with E-state index in [-0.39, 0.29) is 24.8 Å². The van der Waals surface area contributed by atoms with E-state index in [2.05, 4.69) is 36.9 Å². The molecule has 2 nitrogen and oxygen atoms in total. The van der Waals surface area contributed by atoms with Crippen LogP contribution in [0.3, 0.4) is 0 Å². The van der Waals surface area contributed by atoms with E-state index in [0.717, 1.165) is 0 Å². The lowest BCUT2D eigenvalue weighted by Crippen LogP contribution is -2.37. The van der Waals surface area contributed by atoms with Crippen LogP contribution in [0.1, 0.15) is 37.3 Å². The highest BCUT2D eigenvalue weighted by molar-refractivity contribution is 5.85. The minimum absolute atomic E-state index is 0. The van der Waals surface area contributed by atoms with E-state index in [4.69, 9.17) is 5.73 Å². The first-order valence-electron chi connectivity index (χ1n) is 6.28. The number of piperidine rings is 1. The topological polar surface area (TPSA) is 29.3 Å². The number of hydrogen-bond acceptors (Lipinski definition) is 2. The fraction of sp³-hybridized carbons (Fsp3) is 0.571. The van der Waals surface area contributed by atoms with Crippen molar-refractivity contribution < 1.29 is 0 Å². The maximum absolute atomic E-state index is 5.69. The first-order valence-corrected chi connectivity index (χ1v) is 6.28. The number of rotatable bonds is 2. The van der Waals surface area contributed by atoms with Crippen LogP contribution in [0.4, 0.5) is 5.69 Å². The predicted molar refractivity (Wildman–Crippen MR) is 84.2 cm³/mol. The van der Waals surface area contributed by atoms with Crippen molar-refractivity contribution in [2.75, 3.05) is 11.4 Å². The molecule has 0 spiro atoms. The molecule has 1 aromatic carbocycles. The van der Waals surface area contributed by atoms with Crippen LogP contribution in [0.5, 0.6) is 0 Å². The highest BCUT2D eigenvalue weighted by Gasteiger charge is 2.18. The summed E-state index contributed by atoms with van der Waals surface area (Å²) in [4.78, 5) is 2.52. The molecule has 18 heavy (non-hydrogen) atoms. The largest absolute Gasteiger partial charge is 0.369 e. The minimum Gasteiger partial charge on any atom is -0.369 e. The smallest absolute Gasteiger partial charge is 0.0371 e. The summed E-state index contributed by atoms with van der Waals surface area (Å²) in [5, 5.41) is 0. The Hall–Kier alpha value is -0.440. The van der Waals surface area contributed by atoms with Gasteiger partial charge in [-0.05, 0) is 56.4 Å². The van der Waals surface area contributed by atoms with Gasteiger partial charge >= 0.3 is 0 Å². The summed E-state index contributed by atoms with van der Waals surface area (Å²) >= 11 is 0. The SMILES string of the molecule is Cc1cc(N2CCCCC2C)ccc1CN.Cl.Cl. The Morgan fingerprint density at radius 2 is 2.00 bits per heavy atom. The van der Waals surface area contributed by atoms with Crippen molar-refractivity contribution in [2.24, 2.45) is 5.73 Å². The number of nitrogens with zero attached hydrogens (tertiary/aromatic N) is 1. The fourth-order valence-corrected chi connectivity index (χ4v) is 2.57. The molecule has 1 atom stereocenters. The molecule has 0 aromatic heterocycles.